The van der Waals surface area contributed by atoms with E-state index in [1.165, 1.54) is 12.1 Å². The first-order valence-electron chi connectivity index (χ1n) is 8.12. The van der Waals surface area contributed by atoms with Crippen molar-refractivity contribution in [2.24, 2.45) is 0 Å². The second-order valence-corrected chi connectivity index (χ2v) is 5.64. The van der Waals surface area contributed by atoms with Crippen LogP contribution in [0.4, 0.5) is 4.39 Å². The number of carbonyl (C=O) groups excluding carboxylic acids is 1. The molecule has 1 aromatic heterocycles. The molecule has 0 spiro atoms. The van der Waals surface area contributed by atoms with Gasteiger partial charge in [0.15, 0.2) is 0 Å². The maximum Gasteiger partial charge on any atom is 0.227 e. The SMILES string of the molecule is COc1ccc(CNC(=O)CCc2nc(-c3ccc(F)cc3)no2)cc1. The summed E-state index contributed by atoms with van der Waals surface area (Å²) in [6.45, 7) is 0.438. The third-order valence-electron chi connectivity index (χ3n) is 3.79. The summed E-state index contributed by atoms with van der Waals surface area (Å²) in [6, 6.07) is 13.3. The molecule has 2 aromatic carbocycles. The first kappa shape index (κ1) is 17.6. The number of ether oxygens (including phenoxy) is 1. The second-order valence-electron chi connectivity index (χ2n) is 5.64. The fourth-order valence-electron chi connectivity index (χ4n) is 2.33. The largest absolute Gasteiger partial charge is 0.497 e. The molecule has 0 aliphatic heterocycles. The fourth-order valence-corrected chi connectivity index (χ4v) is 2.33. The van der Waals surface area contributed by atoms with Crippen molar-refractivity contribution in [1.29, 1.82) is 0 Å². The molecule has 1 heterocycles. The first-order valence-corrected chi connectivity index (χ1v) is 8.12. The van der Waals surface area contributed by atoms with Gasteiger partial charge in [-0.3, -0.25) is 4.79 Å². The van der Waals surface area contributed by atoms with Crippen LogP contribution in [-0.4, -0.2) is 23.2 Å². The van der Waals surface area contributed by atoms with Gasteiger partial charge in [-0.15, -0.1) is 0 Å². The average molecular weight is 355 g/mol. The zero-order chi connectivity index (χ0) is 18.4. The highest BCUT2D eigenvalue weighted by Gasteiger charge is 2.11. The molecule has 6 nitrogen and oxygen atoms in total. The molecule has 134 valence electrons. The number of nitrogens with zero attached hydrogens (tertiary/aromatic N) is 2. The lowest BCUT2D eigenvalue weighted by atomic mass is 10.2. The van der Waals surface area contributed by atoms with Crippen LogP contribution in [0.15, 0.2) is 53.1 Å². The predicted molar refractivity (Wildman–Crippen MR) is 92.9 cm³/mol. The molecule has 0 saturated carbocycles. The van der Waals surface area contributed by atoms with E-state index in [2.05, 4.69) is 15.5 Å². The summed E-state index contributed by atoms with van der Waals surface area (Å²) < 4.78 is 23.2. The van der Waals surface area contributed by atoms with Gasteiger partial charge in [-0.05, 0) is 42.0 Å². The normalized spacial score (nSPS) is 10.5. The van der Waals surface area contributed by atoms with E-state index >= 15 is 0 Å². The third kappa shape index (κ3) is 4.66. The van der Waals surface area contributed by atoms with Crippen LogP contribution < -0.4 is 10.1 Å². The predicted octanol–water partition coefficient (Wildman–Crippen LogP) is 3.13. The van der Waals surface area contributed by atoms with Crippen molar-refractivity contribution in [3.05, 3.63) is 65.8 Å². The number of methoxy groups -OCH3 is 1. The molecule has 3 rings (SSSR count). The lowest BCUT2D eigenvalue weighted by Gasteiger charge is -2.05. The molecule has 1 N–H and O–H groups in total. The molecule has 0 saturated heterocycles. The van der Waals surface area contributed by atoms with Gasteiger partial charge in [0.1, 0.15) is 11.6 Å². The monoisotopic (exact) mass is 355 g/mol. The van der Waals surface area contributed by atoms with Gasteiger partial charge in [-0.2, -0.15) is 4.98 Å². The Balaban J connectivity index is 1.47. The van der Waals surface area contributed by atoms with E-state index in [-0.39, 0.29) is 18.1 Å². The lowest BCUT2D eigenvalue weighted by molar-refractivity contribution is -0.121. The van der Waals surface area contributed by atoms with Crippen LogP contribution in [0.5, 0.6) is 5.75 Å². The van der Waals surface area contributed by atoms with Crippen LogP contribution in [0, 0.1) is 5.82 Å². The number of hydrogen-bond acceptors (Lipinski definition) is 5. The van der Waals surface area contributed by atoms with Gasteiger partial charge in [0.05, 0.1) is 7.11 Å². The molecule has 3 aromatic rings. The van der Waals surface area contributed by atoms with E-state index in [0.717, 1.165) is 11.3 Å². The number of rotatable bonds is 7. The van der Waals surface area contributed by atoms with Crippen molar-refractivity contribution in [1.82, 2.24) is 15.5 Å². The average Bonchev–Trinajstić information content (AvgIpc) is 3.14. The molecule has 0 aliphatic carbocycles. The standard InChI is InChI=1S/C19H18FN3O3/c1-25-16-8-2-13(3-9-16)12-21-17(24)10-11-18-22-19(23-26-18)14-4-6-15(20)7-5-14/h2-9H,10-12H2,1H3,(H,21,24). The van der Waals surface area contributed by atoms with E-state index in [4.69, 9.17) is 9.26 Å². The van der Waals surface area contributed by atoms with Crippen LogP contribution in [0.1, 0.15) is 17.9 Å². The van der Waals surface area contributed by atoms with Crippen molar-refractivity contribution in [3.8, 4) is 17.1 Å². The molecule has 26 heavy (non-hydrogen) atoms. The van der Waals surface area contributed by atoms with Gasteiger partial charge >= 0.3 is 0 Å². The number of nitrogens with one attached hydrogen (secondary N) is 1. The Morgan fingerprint density at radius 2 is 1.88 bits per heavy atom. The Hall–Kier alpha value is -3.22. The lowest BCUT2D eigenvalue weighted by Crippen LogP contribution is -2.23. The molecule has 0 aliphatic rings. The number of aromatic nitrogens is 2. The number of benzene rings is 2. The smallest absolute Gasteiger partial charge is 0.227 e. The van der Waals surface area contributed by atoms with Crippen LogP contribution >= 0.6 is 0 Å². The van der Waals surface area contributed by atoms with Gasteiger partial charge < -0.3 is 14.6 Å². The Morgan fingerprint density at radius 3 is 2.58 bits per heavy atom. The Kier molecular flexibility index (Phi) is 5.58. The highest BCUT2D eigenvalue weighted by atomic mass is 19.1. The number of amides is 1. The summed E-state index contributed by atoms with van der Waals surface area (Å²) in [5.74, 6) is 1.07. The quantitative estimate of drug-likeness (QED) is 0.704. The van der Waals surface area contributed by atoms with Crippen molar-refractivity contribution in [3.63, 3.8) is 0 Å². The Morgan fingerprint density at radius 1 is 1.15 bits per heavy atom. The molecule has 0 unspecified atom stereocenters. The molecule has 0 bridgehead atoms. The summed E-state index contributed by atoms with van der Waals surface area (Å²) in [6.07, 6.45) is 0.573. The van der Waals surface area contributed by atoms with E-state index in [9.17, 15) is 9.18 Å². The van der Waals surface area contributed by atoms with E-state index in [0.29, 0.717) is 30.2 Å². The molecule has 0 radical (unpaired) electrons. The van der Waals surface area contributed by atoms with Gasteiger partial charge in [0, 0.05) is 24.9 Å². The van der Waals surface area contributed by atoms with Crippen molar-refractivity contribution in [2.45, 2.75) is 19.4 Å². The van der Waals surface area contributed by atoms with Gasteiger partial charge in [-0.25, -0.2) is 4.39 Å². The van der Waals surface area contributed by atoms with Crippen molar-refractivity contribution >= 4 is 5.91 Å². The minimum atomic E-state index is -0.328. The van der Waals surface area contributed by atoms with Crippen LogP contribution in [0.3, 0.4) is 0 Å². The maximum absolute atomic E-state index is 12.9. The van der Waals surface area contributed by atoms with E-state index in [1.807, 2.05) is 24.3 Å². The zero-order valence-corrected chi connectivity index (χ0v) is 14.2. The Bertz CT molecular complexity index is 860. The van der Waals surface area contributed by atoms with Crippen molar-refractivity contribution < 1.29 is 18.4 Å². The van der Waals surface area contributed by atoms with E-state index in [1.54, 1.807) is 19.2 Å². The minimum absolute atomic E-state index is 0.109. The maximum atomic E-state index is 12.9. The summed E-state index contributed by atoms with van der Waals surface area (Å²) in [4.78, 5) is 16.2. The van der Waals surface area contributed by atoms with Gasteiger partial charge in [0.25, 0.3) is 0 Å². The molecule has 0 fully saturated rings. The molecule has 7 heteroatoms. The summed E-state index contributed by atoms with van der Waals surface area (Å²) >= 11 is 0. The van der Waals surface area contributed by atoms with Crippen LogP contribution in [-0.2, 0) is 17.8 Å². The zero-order valence-electron chi connectivity index (χ0n) is 14.2. The number of hydrogen-bond donors (Lipinski definition) is 1. The Labute approximate surface area is 150 Å². The second kappa shape index (κ2) is 8.24. The first-order chi connectivity index (χ1) is 12.6. The van der Waals surface area contributed by atoms with Crippen molar-refractivity contribution in [2.75, 3.05) is 7.11 Å². The number of carbonyl (C=O) groups is 1. The topological polar surface area (TPSA) is 77.2 Å². The fraction of sp³-hybridized carbons (Fsp3) is 0.211. The van der Waals surface area contributed by atoms with Crippen LogP contribution in [0.2, 0.25) is 0 Å². The number of aryl methyl sites for hydroxylation is 1. The third-order valence-corrected chi connectivity index (χ3v) is 3.79. The summed E-state index contributed by atoms with van der Waals surface area (Å²) in [5.41, 5.74) is 1.64. The van der Waals surface area contributed by atoms with Crippen LogP contribution in [0.25, 0.3) is 11.4 Å². The van der Waals surface area contributed by atoms with Gasteiger partial charge in [0.2, 0.25) is 17.6 Å². The highest BCUT2D eigenvalue weighted by molar-refractivity contribution is 5.76. The highest BCUT2D eigenvalue weighted by Crippen LogP contribution is 2.16. The molecular formula is C19H18FN3O3. The summed E-state index contributed by atoms with van der Waals surface area (Å²) in [7, 11) is 1.61. The molecular weight excluding hydrogens is 337 g/mol. The molecule has 1 amide bonds. The number of halogens is 1. The summed E-state index contributed by atoms with van der Waals surface area (Å²) in [5, 5.41) is 6.69. The van der Waals surface area contributed by atoms with E-state index < -0.39 is 0 Å². The van der Waals surface area contributed by atoms with Gasteiger partial charge in [-0.1, -0.05) is 17.3 Å². The minimum Gasteiger partial charge on any atom is -0.497 e. The molecule has 0 atom stereocenters.